The van der Waals surface area contributed by atoms with Gasteiger partial charge in [-0.25, -0.2) is 0 Å². The fraction of sp³-hybridized carbons (Fsp3) is 0.500. The normalized spacial score (nSPS) is 22.0. The highest BCUT2D eigenvalue weighted by atomic mass is 35.5. The molecule has 18 heavy (non-hydrogen) atoms. The van der Waals surface area contributed by atoms with Crippen LogP contribution in [0.2, 0.25) is 5.02 Å². The van der Waals surface area contributed by atoms with Crippen LogP contribution in [0.4, 0.5) is 0 Å². The molecule has 0 aromatic heterocycles. The van der Waals surface area contributed by atoms with Crippen LogP contribution in [-0.4, -0.2) is 30.4 Å². The van der Waals surface area contributed by atoms with E-state index >= 15 is 0 Å². The standard InChI is InChI=1S/C14H19ClN2O/c1-10(11-3-2-4-13(15)7-11)8-17-6-5-12(9-17)14(16)18/h2-4,7,10,12H,5-6,8-9H2,1H3,(H2,16,18). The lowest BCUT2D eigenvalue weighted by molar-refractivity contribution is -0.121. The van der Waals surface area contributed by atoms with Crippen molar-refractivity contribution in [2.75, 3.05) is 19.6 Å². The zero-order valence-electron chi connectivity index (χ0n) is 10.6. The fourth-order valence-corrected chi connectivity index (χ4v) is 2.74. The summed E-state index contributed by atoms with van der Waals surface area (Å²) in [5.41, 5.74) is 6.58. The second-order valence-corrected chi connectivity index (χ2v) is 5.54. The zero-order valence-corrected chi connectivity index (χ0v) is 11.4. The Morgan fingerprint density at radius 3 is 3.00 bits per heavy atom. The molecule has 1 aromatic carbocycles. The maximum Gasteiger partial charge on any atom is 0.221 e. The number of carbonyl (C=O) groups excluding carboxylic acids is 1. The molecule has 2 atom stereocenters. The molecule has 98 valence electrons. The van der Waals surface area contributed by atoms with Crippen molar-refractivity contribution in [2.24, 2.45) is 11.7 Å². The third-order valence-corrected chi connectivity index (χ3v) is 3.86. The molecule has 0 aliphatic carbocycles. The maximum absolute atomic E-state index is 11.1. The largest absolute Gasteiger partial charge is 0.369 e. The third-order valence-electron chi connectivity index (χ3n) is 3.62. The molecule has 1 aliphatic heterocycles. The van der Waals surface area contributed by atoms with Gasteiger partial charge < -0.3 is 10.6 Å². The molecule has 0 spiro atoms. The van der Waals surface area contributed by atoms with Crippen molar-refractivity contribution in [3.05, 3.63) is 34.9 Å². The lowest BCUT2D eigenvalue weighted by atomic mass is 10.0. The molecule has 0 saturated carbocycles. The van der Waals surface area contributed by atoms with Gasteiger partial charge in [-0.2, -0.15) is 0 Å². The van der Waals surface area contributed by atoms with E-state index in [-0.39, 0.29) is 11.8 Å². The maximum atomic E-state index is 11.1. The van der Waals surface area contributed by atoms with E-state index in [9.17, 15) is 4.79 Å². The van der Waals surface area contributed by atoms with Gasteiger partial charge in [0.1, 0.15) is 0 Å². The van der Waals surface area contributed by atoms with Crippen LogP contribution in [-0.2, 0) is 4.79 Å². The summed E-state index contributed by atoms with van der Waals surface area (Å²) < 4.78 is 0. The Hall–Kier alpha value is -1.06. The van der Waals surface area contributed by atoms with Crippen LogP contribution in [0.3, 0.4) is 0 Å². The van der Waals surface area contributed by atoms with Crippen molar-refractivity contribution < 1.29 is 4.79 Å². The van der Waals surface area contributed by atoms with E-state index in [0.717, 1.165) is 31.1 Å². The summed E-state index contributed by atoms with van der Waals surface area (Å²) in [6.45, 7) is 4.88. The van der Waals surface area contributed by atoms with Crippen LogP contribution in [0.1, 0.15) is 24.8 Å². The minimum atomic E-state index is -0.173. The Kier molecular flexibility index (Phi) is 4.25. The first-order valence-corrected chi connectivity index (χ1v) is 6.71. The van der Waals surface area contributed by atoms with E-state index in [0.29, 0.717) is 5.92 Å². The molecule has 2 N–H and O–H groups in total. The van der Waals surface area contributed by atoms with Crippen LogP contribution in [0.5, 0.6) is 0 Å². The molecular formula is C14H19ClN2O. The van der Waals surface area contributed by atoms with Crippen molar-refractivity contribution in [1.29, 1.82) is 0 Å². The molecule has 0 radical (unpaired) electrons. The average molecular weight is 267 g/mol. The van der Waals surface area contributed by atoms with Crippen molar-refractivity contribution in [3.63, 3.8) is 0 Å². The highest BCUT2D eigenvalue weighted by molar-refractivity contribution is 6.30. The third kappa shape index (κ3) is 3.24. The second-order valence-electron chi connectivity index (χ2n) is 5.10. The van der Waals surface area contributed by atoms with Crippen molar-refractivity contribution in [1.82, 2.24) is 4.90 Å². The SMILES string of the molecule is CC(CN1CCC(C(N)=O)C1)c1cccc(Cl)c1. The molecule has 2 rings (SSSR count). The molecule has 2 unspecified atom stereocenters. The Morgan fingerprint density at radius 1 is 1.61 bits per heavy atom. The lowest BCUT2D eigenvalue weighted by Gasteiger charge is -2.21. The molecule has 4 heteroatoms. The average Bonchev–Trinajstić information content (AvgIpc) is 2.77. The highest BCUT2D eigenvalue weighted by Gasteiger charge is 2.27. The van der Waals surface area contributed by atoms with Gasteiger partial charge in [-0.1, -0.05) is 30.7 Å². The first-order valence-electron chi connectivity index (χ1n) is 6.33. The van der Waals surface area contributed by atoms with E-state index < -0.39 is 0 Å². The van der Waals surface area contributed by atoms with Gasteiger partial charge in [0.25, 0.3) is 0 Å². The summed E-state index contributed by atoms with van der Waals surface area (Å²) in [4.78, 5) is 13.4. The highest BCUT2D eigenvalue weighted by Crippen LogP contribution is 2.23. The van der Waals surface area contributed by atoms with Gasteiger partial charge in [0.15, 0.2) is 0 Å². The Bertz CT molecular complexity index is 436. The van der Waals surface area contributed by atoms with E-state index in [1.54, 1.807) is 0 Å². The zero-order chi connectivity index (χ0) is 13.1. The molecule has 1 aromatic rings. The monoisotopic (exact) mass is 266 g/mol. The molecule has 1 heterocycles. The van der Waals surface area contributed by atoms with Crippen molar-refractivity contribution in [3.8, 4) is 0 Å². The van der Waals surface area contributed by atoms with Crippen molar-refractivity contribution >= 4 is 17.5 Å². The van der Waals surface area contributed by atoms with Crippen molar-refractivity contribution in [2.45, 2.75) is 19.3 Å². The summed E-state index contributed by atoms with van der Waals surface area (Å²) in [6.07, 6.45) is 0.887. The number of carbonyl (C=O) groups is 1. The van der Waals surface area contributed by atoms with Crippen LogP contribution < -0.4 is 5.73 Å². The molecule has 1 amide bonds. The number of primary amides is 1. The molecule has 1 fully saturated rings. The van der Waals surface area contributed by atoms with Crippen LogP contribution >= 0.6 is 11.6 Å². The van der Waals surface area contributed by atoms with Gasteiger partial charge in [0.2, 0.25) is 5.91 Å². The molecule has 3 nitrogen and oxygen atoms in total. The fourth-order valence-electron chi connectivity index (χ4n) is 2.54. The van der Waals surface area contributed by atoms with E-state index in [1.165, 1.54) is 5.56 Å². The second kappa shape index (κ2) is 5.72. The van der Waals surface area contributed by atoms with Crippen LogP contribution in [0.15, 0.2) is 24.3 Å². The van der Waals surface area contributed by atoms with Crippen LogP contribution in [0.25, 0.3) is 0 Å². The van der Waals surface area contributed by atoms with Gasteiger partial charge in [-0.05, 0) is 36.6 Å². The minimum absolute atomic E-state index is 0.0246. The van der Waals surface area contributed by atoms with Gasteiger partial charge in [0.05, 0.1) is 5.92 Å². The van der Waals surface area contributed by atoms with Crippen LogP contribution in [0, 0.1) is 5.92 Å². The quantitative estimate of drug-likeness (QED) is 0.909. The number of amides is 1. The predicted molar refractivity (Wildman–Crippen MR) is 73.6 cm³/mol. The predicted octanol–water partition coefficient (Wildman–Crippen LogP) is 2.25. The number of halogens is 1. The lowest BCUT2D eigenvalue weighted by Crippen LogP contribution is -2.29. The summed E-state index contributed by atoms with van der Waals surface area (Å²) in [7, 11) is 0. The Labute approximate surface area is 113 Å². The number of hydrogen-bond acceptors (Lipinski definition) is 2. The number of nitrogens with zero attached hydrogens (tertiary/aromatic N) is 1. The Morgan fingerprint density at radius 2 is 2.39 bits per heavy atom. The topological polar surface area (TPSA) is 46.3 Å². The van der Waals surface area contributed by atoms with E-state index in [4.69, 9.17) is 17.3 Å². The molecular weight excluding hydrogens is 248 g/mol. The molecule has 1 saturated heterocycles. The summed E-state index contributed by atoms with van der Waals surface area (Å²) in [5.74, 6) is 0.264. The number of nitrogens with two attached hydrogens (primary N) is 1. The summed E-state index contributed by atoms with van der Waals surface area (Å²) in [5, 5.41) is 0.774. The Balaban J connectivity index is 1.92. The van der Waals surface area contributed by atoms with E-state index in [2.05, 4.69) is 17.9 Å². The molecule has 0 bridgehead atoms. The van der Waals surface area contributed by atoms with Gasteiger partial charge >= 0.3 is 0 Å². The summed E-state index contributed by atoms with van der Waals surface area (Å²) in [6, 6.07) is 7.97. The summed E-state index contributed by atoms with van der Waals surface area (Å²) >= 11 is 6.00. The number of benzene rings is 1. The number of hydrogen-bond donors (Lipinski definition) is 1. The van der Waals surface area contributed by atoms with Gasteiger partial charge in [-0.3, -0.25) is 4.79 Å². The number of rotatable bonds is 4. The van der Waals surface area contributed by atoms with Gasteiger partial charge in [-0.15, -0.1) is 0 Å². The first kappa shape index (κ1) is 13.4. The molecule has 1 aliphatic rings. The first-order chi connectivity index (χ1) is 8.56. The smallest absolute Gasteiger partial charge is 0.221 e. The van der Waals surface area contributed by atoms with Gasteiger partial charge in [0, 0.05) is 18.1 Å². The minimum Gasteiger partial charge on any atom is -0.369 e. The van der Waals surface area contributed by atoms with E-state index in [1.807, 2.05) is 18.2 Å². The number of likely N-dealkylation sites (tertiary alicyclic amines) is 1.